The van der Waals surface area contributed by atoms with Crippen molar-refractivity contribution in [1.82, 2.24) is 25.0 Å². The minimum Gasteiger partial charge on any atom is -0.395 e. The number of likely N-dealkylation sites (tertiary alicyclic amines) is 1. The second kappa shape index (κ2) is 14.9. The van der Waals surface area contributed by atoms with Crippen molar-refractivity contribution >= 4 is 58.5 Å². The number of piperazine rings is 1. The molecule has 1 unspecified atom stereocenters. The van der Waals surface area contributed by atoms with Crippen LogP contribution in [0.2, 0.25) is 10.3 Å². The summed E-state index contributed by atoms with van der Waals surface area (Å²) in [6.07, 6.45) is 2.70. The van der Waals surface area contributed by atoms with Crippen LogP contribution in [0.1, 0.15) is 36.5 Å². The van der Waals surface area contributed by atoms with Gasteiger partial charge in [-0.05, 0) is 38.1 Å². The number of pyridine rings is 1. The lowest BCUT2D eigenvalue weighted by Crippen LogP contribution is -2.59. The average molecular weight is 602 g/mol. The summed E-state index contributed by atoms with van der Waals surface area (Å²) in [7, 11) is 0. The molecular formula is C25H35Cl3N8O3. The van der Waals surface area contributed by atoms with E-state index >= 15 is 0 Å². The molecule has 4 N–H and O–H groups in total. The highest BCUT2D eigenvalue weighted by atomic mass is 35.5. The van der Waals surface area contributed by atoms with Crippen molar-refractivity contribution in [3.8, 4) is 0 Å². The Bertz CT molecular complexity index is 1110. The number of carbonyl (C=O) groups is 2. The highest BCUT2D eigenvalue weighted by molar-refractivity contribution is 6.66. The van der Waals surface area contributed by atoms with Gasteiger partial charge in [-0.25, -0.2) is 15.0 Å². The molecule has 39 heavy (non-hydrogen) atoms. The molecule has 1 aromatic heterocycles. The van der Waals surface area contributed by atoms with E-state index in [0.717, 1.165) is 38.9 Å². The van der Waals surface area contributed by atoms with E-state index in [1.165, 1.54) is 0 Å². The van der Waals surface area contributed by atoms with Crippen molar-refractivity contribution in [2.24, 2.45) is 15.7 Å². The summed E-state index contributed by atoms with van der Waals surface area (Å²) in [5, 5.41) is 12.0. The van der Waals surface area contributed by atoms with Crippen LogP contribution >= 0.6 is 34.8 Å². The molecule has 1 aromatic rings. The van der Waals surface area contributed by atoms with Crippen molar-refractivity contribution in [3.63, 3.8) is 0 Å². The Morgan fingerprint density at radius 1 is 1.23 bits per heavy atom. The molecule has 2 amide bonds. The summed E-state index contributed by atoms with van der Waals surface area (Å²) in [5.74, 6) is -0.846. The molecule has 11 nitrogen and oxygen atoms in total. The Balaban J connectivity index is 1.57. The fourth-order valence-corrected chi connectivity index (χ4v) is 5.64. The van der Waals surface area contributed by atoms with Gasteiger partial charge in [-0.3, -0.25) is 19.4 Å². The van der Waals surface area contributed by atoms with Crippen molar-refractivity contribution in [2.75, 3.05) is 52.4 Å². The number of halogens is 3. The highest BCUT2D eigenvalue weighted by Gasteiger charge is 2.34. The summed E-state index contributed by atoms with van der Waals surface area (Å²) in [6, 6.07) is 3.88. The summed E-state index contributed by atoms with van der Waals surface area (Å²) in [5.41, 5.74) is 6.03. The molecule has 2 aliphatic rings. The van der Waals surface area contributed by atoms with Gasteiger partial charge in [-0.2, -0.15) is 0 Å². The Labute approximate surface area is 243 Å². The second-order valence-electron chi connectivity index (χ2n) is 9.39. The summed E-state index contributed by atoms with van der Waals surface area (Å²) < 4.78 is 0. The number of hydrogen-bond acceptors (Lipinski definition) is 9. The fourth-order valence-electron chi connectivity index (χ4n) is 4.96. The Morgan fingerprint density at radius 2 is 1.95 bits per heavy atom. The van der Waals surface area contributed by atoms with Gasteiger partial charge in [-0.15, -0.1) is 0 Å². The molecular weight excluding hydrogens is 567 g/mol. The minimum absolute atomic E-state index is 0.0548. The number of rotatable bonds is 10. The topological polar surface area (TPSA) is 140 Å². The van der Waals surface area contributed by atoms with Crippen molar-refractivity contribution in [2.45, 2.75) is 38.3 Å². The molecule has 214 valence electrons. The maximum atomic E-state index is 13.0. The molecule has 0 spiro atoms. The van der Waals surface area contributed by atoms with Gasteiger partial charge >= 0.3 is 0 Å². The van der Waals surface area contributed by atoms with Crippen molar-refractivity contribution in [3.05, 3.63) is 39.5 Å². The quantitative estimate of drug-likeness (QED) is 0.212. The monoisotopic (exact) mass is 600 g/mol. The summed E-state index contributed by atoms with van der Waals surface area (Å²) in [4.78, 5) is 43.7. The van der Waals surface area contributed by atoms with Gasteiger partial charge in [0.25, 0.3) is 11.8 Å². The maximum absolute atomic E-state index is 13.0. The van der Waals surface area contributed by atoms with Crippen LogP contribution in [0.15, 0.2) is 33.6 Å². The van der Waals surface area contributed by atoms with Crippen LogP contribution in [-0.4, -0.2) is 113 Å². The number of piperidine rings is 1. The van der Waals surface area contributed by atoms with Gasteiger partial charge in [0, 0.05) is 51.4 Å². The Hall–Kier alpha value is -2.28. The molecule has 2 fully saturated rings. The predicted molar refractivity (Wildman–Crippen MR) is 155 cm³/mol. The number of nitrogens with two attached hydrogens (primary N) is 1. The van der Waals surface area contributed by atoms with Crippen molar-refractivity contribution in [1.29, 1.82) is 0 Å². The number of hydrogen-bond donors (Lipinski definition) is 3. The molecule has 0 radical (unpaired) electrons. The van der Waals surface area contributed by atoms with E-state index in [4.69, 9.17) is 45.6 Å². The van der Waals surface area contributed by atoms with E-state index in [-0.39, 0.29) is 46.1 Å². The number of carbonyl (C=O) groups excluding carboxylic acids is 2. The minimum atomic E-state index is -0.581. The molecule has 2 aliphatic heterocycles. The molecule has 0 aliphatic carbocycles. The first-order chi connectivity index (χ1) is 18.7. The maximum Gasteiger partial charge on any atom is 0.273 e. The van der Waals surface area contributed by atoms with E-state index in [2.05, 4.69) is 43.7 Å². The van der Waals surface area contributed by atoms with Gasteiger partial charge < -0.3 is 21.1 Å². The van der Waals surface area contributed by atoms with Gasteiger partial charge in [0.05, 0.1) is 18.7 Å². The smallest absolute Gasteiger partial charge is 0.273 e. The molecule has 14 heteroatoms. The molecule has 0 aromatic carbocycles. The first-order valence-electron chi connectivity index (χ1n) is 12.9. The first-order valence-corrected chi connectivity index (χ1v) is 14.0. The third-order valence-electron chi connectivity index (χ3n) is 6.96. The second-order valence-corrected chi connectivity index (χ2v) is 10.6. The number of amides is 2. The SMILES string of the molecule is C=N/C(N)=C(\N=C(Cl)CN1CCN(C2CCN(C(=O)c3ccc(Cl)nc3Cl)CC2)C(CC)C1)C(=O)NCCO. The van der Waals surface area contributed by atoms with Crippen LogP contribution in [0.25, 0.3) is 0 Å². The van der Waals surface area contributed by atoms with E-state index in [1.807, 2.05) is 4.90 Å². The predicted octanol–water partition coefficient (Wildman–Crippen LogP) is 1.96. The van der Waals surface area contributed by atoms with E-state index < -0.39 is 5.91 Å². The van der Waals surface area contributed by atoms with Crippen LogP contribution in [0.3, 0.4) is 0 Å². The van der Waals surface area contributed by atoms with Crippen LogP contribution in [0, 0.1) is 0 Å². The number of aliphatic hydroxyl groups is 1. The Kier molecular flexibility index (Phi) is 12.0. The van der Waals surface area contributed by atoms with Gasteiger partial charge in [0.2, 0.25) is 0 Å². The first kappa shape index (κ1) is 31.3. The number of aromatic nitrogens is 1. The third-order valence-corrected chi connectivity index (χ3v) is 7.66. The largest absolute Gasteiger partial charge is 0.395 e. The normalized spacial score (nSPS) is 20.5. The third kappa shape index (κ3) is 8.36. The zero-order chi connectivity index (χ0) is 28.5. The van der Waals surface area contributed by atoms with E-state index in [0.29, 0.717) is 37.3 Å². The van der Waals surface area contributed by atoms with Crippen molar-refractivity contribution < 1.29 is 14.7 Å². The van der Waals surface area contributed by atoms with E-state index in [1.54, 1.807) is 12.1 Å². The molecule has 0 saturated carbocycles. The molecule has 3 heterocycles. The van der Waals surface area contributed by atoms with Crippen LogP contribution < -0.4 is 11.1 Å². The lowest BCUT2D eigenvalue weighted by atomic mass is 9.98. The number of aliphatic hydroxyl groups excluding tert-OH is 1. The zero-order valence-corrected chi connectivity index (χ0v) is 24.2. The molecule has 0 bridgehead atoms. The van der Waals surface area contributed by atoms with Crippen LogP contribution in [0.4, 0.5) is 0 Å². The number of nitrogens with zero attached hydrogens (tertiary/aromatic N) is 6. The van der Waals surface area contributed by atoms with Crippen LogP contribution in [-0.2, 0) is 4.79 Å². The van der Waals surface area contributed by atoms with Crippen LogP contribution in [0.5, 0.6) is 0 Å². The standard InChI is InChI=1S/C25H35Cl3N8O3/c1-3-16-14-34(15-20(27)32-21(23(29)30-2)24(38)31-8-13-37)11-12-36(16)17-6-9-35(10-7-17)25(39)18-4-5-19(26)33-22(18)28/h4-5,16-17,37H,2-3,6-15,29H2,1H3,(H,31,38)/b23-21-,32-20?. The Morgan fingerprint density at radius 3 is 2.56 bits per heavy atom. The van der Waals surface area contributed by atoms with Gasteiger partial charge in [0.15, 0.2) is 11.5 Å². The molecule has 3 rings (SSSR count). The summed E-state index contributed by atoms with van der Waals surface area (Å²) in [6.45, 7) is 9.41. The number of aliphatic imine (C=N–C) groups is 2. The summed E-state index contributed by atoms with van der Waals surface area (Å²) >= 11 is 18.5. The van der Waals surface area contributed by atoms with Gasteiger partial charge in [-0.1, -0.05) is 41.7 Å². The fraction of sp³-hybridized carbons (Fsp3) is 0.560. The highest BCUT2D eigenvalue weighted by Crippen LogP contribution is 2.26. The zero-order valence-electron chi connectivity index (χ0n) is 22.0. The average Bonchev–Trinajstić information content (AvgIpc) is 2.94. The lowest BCUT2D eigenvalue weighted by molar-refractivity contribution is -0.117. The molecule has 2 saturated heterocycles. The molecule has 1 atom stereocenters. The van der Waals surface area contributed by atoms with Gasteiger partial charge in [0.1, 0.15) is 15.5 Å². The lowest BCUT2D eigenvalue weighted by Gasteiger charge is -2.47. The van der Waals surface area contributed by atoms with E-state index in [9.17, 15) is 9.59 Å². The number of nitrogens with one attached hydrogen (secondary N) is 1.